The lowest BCUT2D eigenvalue weighted by atomic mass is 9.96. The van der Waals surface area contributed by atoms with Crippen molar-refractivity contribution in [1.82, 2.24) is 24.4 Å². The number of likely N-dealkylation sites (tertiary alicyclic amines) is 1. The normalized spacial score (nSPS) is 16.8. The molecule has 140 valence electrons. The first-order chi connectivity index (χ1) is 12.3. The molecule has 2 aromatic rings. The Morgan fingerprint density at radius 2 is 1.81 bits per heavy atom. The summed E-state index contributed by atoms with van der Waals surface area (Å²) in [6, 6.07) is 0.562. The summed E-state index contributed by atoms with van der Waals surface area (Å²) in [5, 5.41) is 0. The summed E-state index contributed by atoms with van der Waals surface area (Å²) < 4.78 is 39.0. The van der Waals surface area contributed by atoms with Gasteiger partial charge in [0.05, 0.1) is 6.33 Å². The second-order valence-electron chi connectivity index (χ2n) is 6.62. The van der Waals surface area contributed by atoms with Crippen molar-refractivity contribution in [3.05, 3.63) is 52.2 Å². The van der Waals surface area contributed by atoms with Crippen LogP contribution in [0.2, 0.25) is 0 Å². The average Bonchev–Trinajstić information content (AvgIpc) is 2.59. The van der Waals surface area contributed by atoms with Crippen molar-refractivity contribution in [2.75, 3.05) is 13.1 Å². The van der Waals surface area contributed by atoms with Crippen LogP contribution in [0.25, 0.3) is 0 Å². The summed E-state index contributed by atoms with van der Waals surface area (Å²) in [7, 11) is 0. The molecule has 0 bridgehead atoms. The third kappa shape index (κ3) is 4.66. The molecule has 9 heteroatoms. The van der Waals surface area contributed by atoms with Gasteiger partial charge in [0, 0.05) is 37.1 Å². The topological polar surface area (TPSA) is 63.9 Å². The summed E-state index contributed by atoms with van der Waals surface area (Å²) in [4.78, 5) is 25.9. The van der Waals surface area contributed by atoms with Crippen LogP contribution in [0.4, 0.5) is 13.2 Å². The fraction of sp³-hybridized carbons (Fsp3) is 0.529. The van der Waals surface area contributed by atoms with E-state index in [-0.39, 0.29) is 5.92 Å². The van der Waals surface area contributed by atoms with Crippen LogP contribution in [0.15, 0.2) is 29.6 Å². The largest absolute Gasteiger partial charge is 0.433 e. The van der Waals surface area contributed by atoms with Gasteiger partial charge in [-0.3, -0.25) is 14.3 Å². The summed E-state index contributed by atoms with van der Waals surface area (Å²) in [5.74, 6) is 0.986. The zero-order chi connectivity index (χ0) is 18.7. The summed E-state index contributed by atoms with van der Waals surface area (Å²) in [5.41, 5.74) is -0.752. The summed E-state index contributed by atoms with van der Waals surface area (Å²) in [6.07, 6.45) is 1.80. The fourth-order valence-electron chi connectivity index (χ4n) is 3.08. The Balaban J connectivity index is 1.54. The standard InChI is InChI=1S/C17H20F3N5O/c1-12-21-7-14(8-22-12)9-24-4-2-13(3-5-24)10-25-11-23-15(6-16(25)26)17(18,19)20/h6-8,11,13H,2-5,9-10H2,1H3. The Kier molecular flexibility index (Phi) is 5.36. The molecule has 3 heterocycles. The maximum absolute atomic E-state index is 12.6. The van der Waals surface area contributed by atoms with Gasteiger partial charge < -0.3 is 0 Å². The molecule has 0 unspecified atom stereocenters. The Morgan fingerprint density at radius 3 is 2.38 bits per heavy atom. The molecule has 0 aliphatic carbocycles. The minimum absolute atomic E-state index is 0.247. The average molecular weight is 367 g/mol. The molecule has 0 N–H and O–H groups in total. The quantitative estimate of drug-likeness (QED) is 0.830. The highest BCUT2D eigenvalue weighted by Crippen LogP contribution is 2.26. The Hall–Kier alpha value is -2.29. The van der Waals surface area contributed by atoms with Gasteiger partial charge in [-0.15, -0.1) is 0 Å². The molecule has 0 radical (unpaired) electrons. The number of rotatable bonds is 4. The molecule has 0 saturated carbocycles. The number of halogens is 3. The molecule has 1 aliphatic heterocycles. The molecule has 26 heavy (non-hydrogen) atoms. The van der Waals surface area contributed by atoms with Crippen LogP contribution in [0.1, 0.15) is 29.9 Å². The lowest BCUT2D eigenvalue weighted by Crippen LogP contribution is -2.36. The summed E-state index contributed by atoms with van der Waals surface area (Å²) >= 11 is 0. The van der Waals surface area contributed by atoms with Gasteiger partial charge in [0.15, 0.2) is 5.69 Å². The highest BCUT2D eigenvalue weighted by molar-refractivity contribution is 5.05. The van der Waals surface area contributed by atoms with E-state index in [1.165, 1.54) is 4.57 Å². The minimum atomic E-state index is -4.59. The number of aromatic nitrogens is 4. The third-order valence-electron chi connectivity index (χ3n) is 4.57. The third-order valence-corrected chi connectivity index (χ3v) is 4.57. The van der Waals surface area contributed by atoms with Crippen LogP contribution >= 0.6 is 0 Å². The van der Waals surface area contributed by atoms with E-state index in [9.17, 15) is 18.0 Å². The minimum Gasteiger partial charge on any atom is -0.299 e. The van der Waals surface area contributed by atoms with Crippen molar-refractivity contribution < 1.29 is 13.2 Å². The second kappa shape index (κ2) is 7.53. The van der Waals surface area contributed by atoms with E-state index in [1.54, 1.807) is 0 Å². The molecule has 0 amide bonds. The summed E-state index contributed by atoms with van der Waals surface area (Å²) in [6.45, 7) is 4.73. The molecular weight excluding hydrogens is 347 g/mol. The van der Waals surface area contributed by atoms with Crippen LogP contribution in [0, 0.1) is 12.8 Å². The van der Waals surface area contributed by atoms with Gasteiger partial charge in [-0.1, -0.05) is 0 Å². The molecule has 6 nitrogen and oxygen atoms in total. The molecule has 2 aromatic heterocycles. The maximum atomic E-state index is 12.6. The maximum Gasteiger partial charge on any atom is 0.433 e. The van der Waals surface area contributed by atoms with Crippen molar-refractivity contribution in [2.45, 2.75) is 39.0 Å². The monoisotopic (exact) mass is 367 g/mol. The fourth-order valence-corrected chi connectivity index (χ4v) is 3.08. The highest BCUT2D eigenvalue weighted by Gasteiger charge is 2.33. The Labute approximate surface area is 148 Å². The van der Waals surface area contributed by atoms with Crippen LogP contribution in [-0.4, -0.2) is 37.5 Å². The van der Waals surface area contributed by atoms with E-state index in [0.29, 0.717) is 12.6 Å². The molecule has 1 aliphatic rings. The molecule has 0 aromatic carbocycles. The van der Waals surface area contributed by atoms with Crippen LogP contribution in [0.5, 0.6) is 0 Å². The molecule has 0 spiro atoms. The van der Waals surface area contributed by atoms with Crippen molar-refractivity contribution in [3.63, 3.8) is 0 Å². The van der Waals surface area contributed by atoms with Gasteiger partial charge in [-0.2, -0.15) is 13.2 Å². The van der Waals surface area contributed by atoms with Gasteiger partial charge in [-0.25, -0.2) is 15.0 Å². The van der Waals surface area contributed by atoms with E-state index in [2.05, 4.69) is 19.9 Å². The van der Waals surface area contributed by atoms with Gasteiger partial charge in [0.25, 0.3) is 5.56 Å². The predicted molar refractivity (Wildman–Crippen MR) is 88.3 cm³/mol. The van der Waals surface area contributed by atoms with Crippen LogP contribution in [0.3, 0.4) is 0 Å². The van der Waals surface area contributed by atoms with Gasteiger partial charge in [0.2, 0.25) is 0 Å². The van der Waals surface area contributed by atoms with E-state index in [1.807, 2.05) is 19.3 Å². The number of hydrogen-bond acceptors (Lipinski definition) is 5. The van der Waals surface area contributed by atoms with Gasteiger partial charge in [0.1, 0.15) is 5.82 Å². The number of piperidine rings is 1. The number of hydrogen-bond donors (Lipinski definition) is 0. The Morgan fingerprint density at radius 1 is 1.15 bits per heavy atom. The number of nitrogens with zero attached hydrogens (tertiary/aromatic N) is 5. The lowest BCUT2D eigenvalue weighted by molar-refractivity contribution is -0.141. The SMILES string of the molecule is Cc1ncc(CN2CCC(Cn3cnc(C(F)(F)F)cc3=O)CC2)cn1. The van der Waals surface area contributed by atoms with Crippen molar-refractivity contribution in [1.29, 1.82) is 0 Å². The molecule has 1 fully saturated rings. The van der Waals surface area contributed by atoms with E-state index < -0.39 is 17.4 Å². The first-order valence-electron chi connectivity index (χ1n) is 8.45. The zero-order valence-corrected chi connectivity index (χ0v) is 14.4. The molecular formula is C17H20F3N5O. The molecule has 0 atom stereocenters. The predicted octanol–water partition coefficient (Wildman–Crippen LogP) is 2.27. The number of aryl methyl sites for hydroxylation is 1. The van der Waals surface area contributed by atoms with E-state index in [4.69, 9.17) is 0 Å². The zero-order valence-electron chi connectivity index (χ0n) is 14.4. The van der Waals surface area contributed by atoms with Gasteiger partial charge in [-0.05, 0) is 38.8 Å². The van der Waals surface area contributed by atoms with Crippen molar-refractivity contribution in [3.8, 4) is 0 Å². The second-order valence-corrected chi connectivity index (χ2v) is 6.62. The molecule has 3 rings (SSSR count). The highest BCUT2D eigenvalue weighted by atomic mass is 19.4. The first kappa shape index (κ1) is 18.5. The number of alkyl halides is 3. The smallest absolute Gasteiger partial charge is 0.299 e. The van der Waals surface area contributed by atoms with Gasteiger partial charge >= 0.3 is 6.18 Å². The van der Waals surface area contributed by atoms with Crippen LogP contribution in [-0.2, 0) is 19.3 Å². The molecule has 1 saturated heterocycles. The first-order valence-corrected chi connectivity index (χ1v) is 8.45. The van der Waals surface area contributed by atoms with Crippen LogP contribution < -0.4 is 5.56 Å². The van der Waals surface area contributed by atoms with Crippen molar-refractivity contribution in [2.24, 2.45) is 5.92 Å². The van der Waals surface area contributed by atoms with E-state index >= 15 is 0 Å². The van der Waals surface area contributed by atoms with Crippen molar-refractivity contribution >= 4 is 0 Å². The van der Waals surface area contributed by atoms with E-state index in [0.717, 1.165) is 50.2 Å². The lowest BCUT2D eigenvalue weighted by Gasteiger charge is -2.32. The Bertz CT molecular complexity index is 795.